The van der Waals surface area contributed by atoms with Crippen LogP contribution in [0.5, 0.6) is 11.5 Å². The normalized spacial score (nSPS) is 16.4. The Balaban J connectivity index is 1.63. The van der Waals surface area contributed by atoms with E-state index in [1.165, 1.54) is 31.4 Å². The number of fused-ring (bicyclic) bond motifs is 1. The zero-order valence-electron chi connectivity index (χ0n) is 17.3. The maximum Gasteiger partial charge on any atom is 0.264 e. The highest BCUT2D eigenvalue weighted by molar-refractivity contribution is 8.18. The van der Waals surface area contributed by atoms with Gasteiger partial charge in [0.05, 0.1) is 35.2 Å². The first-order chi connectivity index (χ1) is 15.7. The van der Waals surface area contributed by atoms with Crippen molar-refractivity contribution in [2.75, 3.05) is 14.2 Å². The van der Waals surface area contributed by atoms with Crippen molar-refractivity contribution in [3.05, 3.63) is 58.1 Å². The number of benzene rings is 2. The Labute approximate surface area is 198 Å². The van der Waals surface area contributed by atoms with Gasteiger partial charge in [-0.2, -0.15) is 0 Å². The first-order valence-corrected chi connectivity index (χ1v) is 12.1. The van der Waals surface area contributed by atoms with Crippen molar-refractivity contribution in [3.8, 4) is 11.5 Å². The summed E-state index contributed by atoms with van der Waals surface area (Å²) in [6.07, 6.45) is 1.62. The molecule has 170 valence electrons. The minimum Gasteiger partial charge on any atom is -0.493 e. The van der Waals surface area contributed by atoms with Crippen LogP contribution < -0.4 is 19.9 Å². The largest absolute Gasteiger partial charge is 0.493 e. The van der Waals surface area contributed by atoms with Gasteiger partial charge in [-0.25, -0.2) is 23.5 Å². The van der Waals surface area contributed by atoms with E-state index in [1.54, 1.807) is 31.4 Å². The van der Waals surface area contributed by atoms with Crippen molar-refractivity contribution in [2.45, 2.75) is 4.90 Å². The van der Waals surface area contributed by atoms with E-state index in [0.29, 0.717) is 38.3 Å². The SMILES string of the molecule is COc1cc2cc(/C=C3\SC(=Nc4ccc(S(N)(=O)=O)cc4)NC3=O)c(Cl)nc2cc1OC. The molecule has 0 saturated carbocycles. The Hall–Kier alpha value is -3.12. The average molecular weight is 505 g/mol. The summed E-state index contributed by atoms with van der Waals surface area (Å²) in [6, 6.07) is 11.0. The minimum atomic E-state index is -3.79. The van der Waals surface area contributed by atoms with E-state index in [9.17, 15) is 13.2 Å². The maximum absolute atomic E-state index is 12.4. The van der Waals surface area contributed by atoms with Crippen molar-refractivity contribution >= 4 is 67.1 Å². The Kier molecular flexibility index (Phi) is 6.30. The second-order valence-corrected chi connectivity index (χ2v) is 9.74. The van der Waals surface area contributed by atoms with Crippen molar-refractivity contribution in [2.24, 2.45) is 10.1 Å². The highest BCUT2D eigenvalue weighted by atomic mass is 35.5. The Morgan fingerprint density at radius 3 is 2.42 bits per heavy atom. The predicted molar refractivity (Wildman–Crippen MR) is 128 cm³/mol. The second kappa shape index (κ2) is 9.02. The molecule has 0 spiro atoms. The van der Waals surface area contributed by atoms with E-state index in [4.69, 9.17) is 26.2 Å². The summed E-state index contributed by atoms with van der Waals surface area (Å²) in [5, 5.41) is 9.09. The van der Waals surface area contributed by atoms with E-state index in [2.05, 4.69) is 15.3 Å². The molecule has 0 radical (unpaired) electrons. The number of aliphatic imine (C=N–C) groups is 1. The van der Waals surface area contributed by atoms with Gasteiger partial charge in [0.2, 0.25) is 10.0 Å². The Morgan fingerprint density at radius 1 is 1.12 bits per heavy atom. The number of nitrogens with zero attached hydrogens (tertiary/aromatic N) is 2. The minimum absolute atomic E-state index is 0.0251. The number of rotatable bonds is 5. The van der Waals surface area contributed by atoms with Gasteiger partial charge in [0.25, 0.3) is 5.91 Å². The molecule has 3 aromatic rings. The van der Waals surface area contributed by atoms with Crippen molar-refractivity contribution in [1.82, 2.24) is 10.3 Å². The highest BCUT2D eigenvalue weighted by Crippen LogP contribution is 2.35. The lowest BCUT2D eigenvalue weighted by Crippen LogP contribution is -2.19. The van der Waals surface area contributed by atoms with Crippen LogP contribution >= 0.6 is 23.4 Å². The number of nitrogens with one attached hydrogen (secondary N) is 1. The number of pyridine rings is 1. The van der Waals surface area contributed by atoms with Crippen LogP contribution in [-0.4, -0.2) is 38.7 Å². The summed E-state index contributed by atoms with van der Waals surface area (Å²) in [7, 11) is -0.717. The number of methoxy groups -OCH3 is 2. The van der Waals surface area contributed by atoms with E-state index in [-0.39, 0.29) is 16.0 Å². The number of nitrogens with two attached hydrogens (primary N) is 1. The summed E-state index contributed by atoms with van der Waals surface area (Å²) in [5.41, 5.74) is 1.62. The molecule has 12 heteroatoms. The third kappa shape index (κ3) is 4.96. The van der Waals surface area contributed by atoms with Gasteiger partial charge in [0.15, 0.2) is 16.7 Å². The summed E-state index contributed by atoms with van der Waals surface area (Å²) < 4.78 is 33.4. The fraction of sp³-hybridized carbons (Fsp3) is 0.0952. The molecule has 3 N–H and O–H groups in total. The molecule has 0 aliphatic carbocycles. The lowest BCUT2D eigenvalue weighted by molar-refractivity contribution is -0.115. The number of hydrogen-bond acceptors (Lipinski definition) is 8. The van der Waals surface area contributed by atoms with Gasteiger partial charge in [0, 0.05) is 17.0 Å². The number of carbonyl (C=O) groups is 1. The third-order valence-electron chi connectivity index (χ3n) is 4.63. The van der Waals surface area contributed by atoms with Crippen LogP contribution in [0.25, 0.3) is 17.0 Å². The smallest absolute Gasteiger partial charge is 0.264 e. The molecule has 0 atom stereocenters. The number of hydrogen-bond donors (Lipinski definition) is 2. The molecule has 0 bridgehead atoms. The van der Waals surface area contributed by atoms with Crippen molar-refractivity contribution < 1.29 is 22.7 Å². The van der Waals surface area contributed by atoms with Crippen molar-refractivity contribution in [1.29, 1.82) is 0 Å². The fourth-order valence-corrected chi connectivity index (χ4v) is 4.59. The van der Waals surface area contributed by atoms with Crippen LogP contribution in [0.4, 0.5) is 5.69 Å². The van der Waals surface area contributed by atoms with Crippen molar-refractivity contribution in [3.63, 3.8) is 0 Å². The first kappa shape index (κ1) is 23.1. The van der Waals surface area contributed by atoms with Gasteiger partial charge < -0.3 is 14.8 Å². The molecule has 33 heavy (non-hydrogen) atoms. The number of sulfonamides is 1. The molecular formula is C21H17ClN4O5S2. The molecular weight excluding hydrogens is 488 g/mol. The van der Waals surface area contributed by atoms with E-state index in [0.717, 1.165) is 17.1 Å². The topological polar surface area (TPSA) is 133 Å². The molecule has 1 aliphatic rings. The number of aromatic nitrogens is 1. The number of amides is 1. The van der Waals surface area contributed by atoms with E-state index < -0.39 is 10.0 Å². The van der Waals surface area contributed by atoms with Crippen LogP contribution in [-0.2, 0) is 14.8 Å². The summed E-state index contributed by atoms with van der Waals surface area (Å²) >= 11 is 7.48. The number of carbonyl (C=O) groups excluding carboxylic acids is 1. The van der Waals surface area contributed by atoms with E-state index in [1.807, 2.05) is 0 Å². The Bertz CT molecular complexity index is 1440. The maximum atomic E-state index is 12.4. The molecule has 1 saturated heterocycles. The molecule has 0 unspecified atom stereocenters. The van der Waals surface area contributed by atoms with Gasteiger partial charge in [-0.1, -0.05) is 11.6 Å². The zero-order chi connectivity index (χ0) is 23.8. The van der Waals surface area contributed by atoms with E-state index >= 15 is 0 Å². The standard InChI is InChI=1S/C21H17ClN4O5S2/c1-30-16-8-11-7-12(19(22)25-15(11)10-17(16)31-2)9-18-20(27)26-21(32-18)24-13-3-5-14(6-4-13)33(23,28)29/h3-10H,1-2H3,(H2,23,28,29)(H,24,26,27)/b18-9-. The lowest BCUT2D eigenvalue weighted by atomic mass is 10.1. The molecule has 1 aromatic heterocycles. The van der Waals surface area contributed by atoms with Crippen LogP contribution in [0.3, 0.4) is 0 Å². The van der Waals surface area contributed by atoms with Crippen LogP contribution in [0.2, 0.25) is 5.15 Å². The first-order valence-electron chi connectivity index (χ1n) is 9.32. The van der Waals surface area contributed by atoms with Crippen LogP contribution in [0.15, 0.2) is 57.3 Å². The molecule has 1 fully saturated rings. The van der Waals surface area contributed by atoms with Gasteiger partial charge in [0.1, 0.15) is 5.15 Å². The highest BCUT2D eigenvalue weighted by Gasteiger charge is 2.24. The van der Waals surface area contributed by atoms with Gasteiger partial charge in [-0.05, 0) is 54.2 Å². The summed E-state index contributed by atoms with van der Waals surface area (Å²) in [4.78, 5) is 21.5. The number of halogens is 1. The second-order valence-electron chi connectivity index (χ2n) is 6.79. The number of primary sulfonamides is 1. The van der Waals surface area contributed by atoms with Gasteiger partial charge >= 0.3 is 0 Å². The lowest BCUT2D eigenvalue weighted by Gasteiger charge is -2.10. The summed E-state index contributed by atoms with van der Waals surface area (Å²) in [5.74, 6) is 0.732. The number of thioether (sulfide) groups is 1. The zero-order valence-corrected chi connectivity index (χ0v) is 19.7. The molecule has 4 rings (SSSR count). The van der Waals surface area contributed by atoms with Gasteiger partial charge in [-0.3, -0.25) is 4.79 Å². The number of amidine groups is 1. The van der Waals surface area contributed by atoms with Crippen LogP contribution in [0.1, 0.15) is 5.56 Å². The predicted octanol–water partition coefficient (Wildman–Crippen LogP) is 3.44. The molecule has 1 amide bonds. The third-order valence-corrected chi connectivity index (χ3v) is 6.78. The average Bonchev–Trinajstić information content (AvgIpc) is 3.11. The quantitative estimate of drug-likeness (QED) is 0.401. The molecule has 9 nitrogen and oxygen atoms in total. The fourth-order valence-electron chi connectivity index (χ4n) is 3.04. The molecule has 2 heterocycles. The number of ether oxygens (including phenoxy) is 2. The Morgan fingerprint density at radius 2 is 1.79 bits per heavy atom. The monoisotopic (exact) mass is 504 g/mol. The van der Waals surface area contributed by atoms with Gasteiger partial charge in [-0.15, -0.1) is 0 Å². The summed E-state index contributed by atoms with van der Waals surface area (Å²) in [6.45, 7) is 0. The van der Waals surface area contributed by atoms with Crippen LogP contribution in [0, 0.1) is 0 Å². The molecule has 1 aliphatic heterocycles. The molecule has 2 aromatic carbocycles.